The van der Waals surface area contributed by atoms with Crippen molar-refractivity contribution in [2.45, 2.75) is 68.8 Å². The first-order valence-electron chi connectivity index (χ1n) is 14.0. The average Bonchev–Trinajstić information content (AvgIpc) is 3.00. The van der Waals surface area contributed by atoms with Crippen LogP contribution in [0.5, 0.6) is 0 Å². The molecule has 44 heavy (non-hydrogen) atoms. The zero-order chi connectivity index (χ0) is 31.9. The fourth-order valence-electron chi connectivity index (χ4n) is 4.78. The number of ether oxygens (including phenoxy) is 1. The molecule has 0 heterocycles. The van der Waals surface area contributed by atoms with Crippen LogP contribution in [0.3, 0.4) is 0 Å². The lowest BCUT2D eigenvalue weighted by molar-refractivity contribution is -0.137. The average molecular weight is 632 g/mol. The molecule has 1 saturated carbocycles. The number of alkyl halides is 3. The summed E-state index contributed by atoms with van der Waals surface area (Å²) < 4.78 is 74.2. The largest absolute Gasteiger partial charge is 0.449 e. The number of anilines is 1. The van der Waals surface area contributed by atoms with Crippen molar-refractivity contribution in [3.8, 4) is 0 Å². The Balaban J connectivity index is 1.53. The van der Waals surface area contributed by atoms with Gasteiger partial charge in [0.2, 0.25) is 0 Å². The first-order valence-corrected chi connectivity index (χ1v) is 15.4. The smallest absolute Gasteiger partial charge is 0.416 e. The van der Waals surface area contributed by atoms with Gasteiger partial charge in [-0.25, -0.2) is 18.0 Å². The topological polar surface area (TPSA) is 122 Å². The molecule has 0 aliphatic heterocycles. The van der Waals surface area contributed by atoms with Gasteiger partial charge in [-0.15, -0.1) is 0 Å². The van der Waals surface area contributed by atoms with Gasteiger partial charge in [-0.2, -0.15) is 13.2 Å². The zero-order valence-corrected chi connectivity index (χ0v) is 24.7. The Labute approximate surface area is 253 Å². The van der Waals surface area contributed by atoms with Crippen LogP contribution < -0.4 is 14.9 Å². The maximum Gasteiger partial charge on any atom is 0.416 e. The highest BCUT2D eigenvalue weighted by Crippen LogP contribution is 2.34. The molecule has 4 rings (SSSR count). The molecule has 9 nitrogen and oxygen atoms in total. The van der Waals surface area contributed by atoms with Crippen molar-refractivity contribution in [1.82, 2.24) is 10.6 Å². The third kappa shape index (κ3) is 8.37. The van der Waals surface area contributed by atoms with E-state index in [0.29, 0.717) is 5.56 Å². The van der Waals surface area contributed by atoms with Crippen molar-refractivity contribution in [3.63, 3.8) is 0 Å². The summed E-state index contributed by atoms with van der Waals surface area (Å²) in [6.07, 6.45) is -1.44. The van der Waals surface area contributed by atoms with Crippen LogP contribution in [0.15, 0.2) is 83.8 Å². The normalized spacial score (nSPS) is 14.7. The Bertz CT molecular complexity index is 1590. The Hall–Kier alpha value is -4.39. The number of halogens is 3. The van der Waals surface area contributed by atoms with Crippen LogP contribution in [0.25, 0.3) is 0 Å². The van der Waals surface area contributed by atoms with E-state index in [-0.39, 0.29) is 28.7 Å². The van der Waals surface area contributed by atoms with Gasteiger partial charge in [0, 0.05) is 6.04 Å². The molecule has 0 spiro atoms. The van der Waals surface area contributed by atoms with Crippen LogP contribution in [0, 0.1) is 0 Å². The van der Waals surface area contributed by atoms with E-state index < -0.39 is 45.8 Å². The highest BCUT2D eigenvalue weighted by Gasteiger charge is 2.33. The molecule has 1 atom stereocenters. The van der Waals surface area contributed by atoms with E-state index in [2.05, 4.69) is 10.6 Å². The number of sulfonamides is 1. The fraction of sp³-hybridized carbons (Fsp3) is 0.323. The second kappa shape index (κ2) is 13.9. The molecule has 3 amide bonds. The number of esters is 1. The lowest BCUT2D eigenvalue weighted by Crippen LogP contribution is -2.48. The van der Waals surface area contributed by atoms with Crippen LogP contribution in [0.4, 0.5) is 23.7 Å². The van der Waals surface area contributed by atoms with Crippen molar-refractivity contribution in [2.24, 2.45) is 0 Å². The predicted octanol–water partition coefficient (Wildman–Crippen LogP) is 5.80. The summed E-state index contributed by atoms with van der Waals surface area (Å²) in [5, 5.41) is 4.86. The number of hydrogen-bond acceptors (Lipinski definition) is 6. The molecule has 2 N–H and O–H groups in total. The summed E-state index contributed by atoms with van der Waals surface area (Å²) in [7, 11) is -4.52. The highest BCUT2D eigenvalue weighted by molar-refractivity contribution is 7.92. The molecule has 0 aromatic heterocycles. The van der Waals surface area contributed by atoms with E-state index in [0.717, 1.165) is 60.7 Å². The van der Waals surface area contributed by atoms with Crippen LogP contribution in [0.2, 0.25) is 0 Å². The number of imide groups is 1. The zero-order valence-electron chi connectivity index (χ0n) is 23.8. The van der Waals surface area contributed by atoms with Gasteiger partial charge < -0.3 is 10.1 Å². The number of urea groups is 1. The first-order chi connectivity index (χ1) is 20.8. The van der Waals surface area contributed by atoms with Gasteiger partial charge >= 0.3 is 18.2 Å². The summed E-state index contributed by atoms with van der Waals surface area (Å²) >= 11 is 0. The number of amides is 3. The van der Waals surface area contributed by atoms with Crippen molar-refractivity contribution in [1.29, 1.82) is 0 Å². The lowest BCUT2D eigenvalue weighted by atomic mass is 9.96. The number of carbonyl (C=O) groups excluding carboxylic acids is 3. The molecular weight excluding hydrogens is 599 g/mol. The van der Waals surface area contributed by atoms with Gasteiger partial charge in [0.15, 0.2) is 6.10 Å². The van der Waals surface area contributed by atoms with Crippen LogP contribution in [-0.2, 0) is 32.3 Å². The summed E-state index contributed by atoms with van der Waals surface area (Å²) in [4.78, 5) is 37.2. The predicted molar refractivity (Wildman–Crippen MR) is 156 cm³/mol. The standard InChI is InChI=1S/C31H32F3N3O6S/c1-21(28(38)36-30(40)35-25-14-6-3-7-15-25)43-29(39)23-12-8-17-27(18-23)44(41,42)37(20-22-10-4-2-5-11-22)26-16-9-13-24(19-26)31(32,33)34/h2,4-5,8-13,16-19,21,25H,3,6-7,14-15,20H2,1H3,(H2,35,36,38,40). The maximum absolute atomic E-state index is 13.9. The molecule has 0 radical (unpaired) electrons. The monoisotopic (exact) mass is 631 g/mol. The second-order valence-electron chi connectivity index (χ2n) is 10.4. The van der Waals surface area contributed by atoms with Crippen molar-refractivity contribution in [2.75, 3.05) is 4.31 Å². The molecule has 13 heteroatoms. The van der Waals surface area contributed by atoms with E-state index in [1.165, 1.54) is 31.2 Å². The molecule has 3 aromatic carbocycles. The molecule has 1 aliphatic rings. The van der Waals surface area contributed by atoms with E-state index in [1.54, 1.807) is 30.3 Å². The number of nitrogens with zero attached hydrogens (tertiary/aromatic N) is 1. The Kier molecular flexibility index (Phi) is 10.3. The summed E-state index contributed by atoms with van der Waals surface area (Å²) in [5.41, 5.74) is -0.966. The van der Waals surface area contributed by atoms with E-state index in [9.17, 15) is 36.0 Å². The summed E-state index contributed by atoms with van der Waals surface area (Å²) in [6.45, 7) is 0.968. The SMILES string of the molecule is CC(OC(=O)c1cccc(S(=O)(=O)N(Cc2ccccc2)c2cccc(C(F)(F)F)c2)c1)C(=O)NC(=O)NC1CCCCC1. The van der Waals surface area contributed by atoms with E-state index in [4.69, 9.17) is 4.74 Å². The van der Waals surface area contributed by atoms with Crippen molar-refractivity contribution >= 4 is 33.6 Å². The quantitative estimate of drug-likeness (QED) is 0.288. The molecule has 234 valence electrons. The van der Waals surface area contributed by atoms with Gasteiger partial charge in [0.25, 0.3) is 15.9 Å². The Morgan fingerprint density at radius 3 is 2.30 bits per heavy atom. The third-order valence-corrected chi connectivity index (χ3v) is 8.89. The molecule has 3 aromatic rings. The van der Waals surface area contributed by atoms with Crippen molar-refractivity contribution in [3.05, 3.63) is 95.6 Å². The maximum atomic E-state index is 13.9. The van der Waals surface area contributed by atoms with Gasteiger partial charge in [0.05, 0.1) is 28.3 Å². The first kappa shape index (κ1) is 32.5. The Morgan fingerprint density at radius 2 is 1.61 bits per heavy atom. The number of carbonyl (C=O) groups is 3. The molecular formula is C31H32F3N3O6S. The number of benzene rings is 3. The second-order valence-corrected chi connectivity index (χ2v) is 12.3. The minimum Gasteiger partial charge on any atom is -0.449 e. The minimum atomic E-state index is -4.71. The number of hydrogen-bond donors (Lipinski definition) is 2. The van der Waals surface area contributed by atoms with Gasteiger partial charge in [0.1, 0.15) is 0 Å². The highest BCUT2D eigenvalue weighted by atomic mass is 32.2. The Morgan fingerprint density at radius 1 is 0.932 bits per heavy atom. The summed E-state index contributed by atoms with van der Waals surface area (Å²) in [6, 6.07) is 16.3. The molecule has 1 unspecified atom stereocenters. The van der Waals surface area contributed by atoms with Crippen LogP contribution >= 0.6 is 0 Å². The molecule has 1 aliphatic carbocycles. The lowest BCUT2D eigenvalue weighted by Gasteiger charge is -2.26. The van der Waals surface area contributed by atoms with Crippen LogP contribution in [0.1, 0.15) is 60.5 Å². The van der Waals surface area contributed by atoms with Gasteiger partial charge in [-0.05, 0) is 61.7 Å². The van der Waals surface area contributed by atoms with E-state index in [1.807, 2.05) is 0 Å². The van der Waals surface area contributed by atoms with Gasteiger partial charge in [-0.1, -0.05) is 61.7 Å². The van der Waals surface area contributed by atoms with E-state index >= 15 is 0 Å². The fourth-order valence-corrected chi connectivity index (χ4v) is 6.27. The van der Waals surface area contributed by atoms with Crippen LogP contribution in [-0.4, -0.2) is 38.5 Å². The van der Waals surface area contributed by atoms with Gasteiger partial charge in [-0.3, -0.25) is 14.4 Å². The number of rotatable bonds is 9. The van der Waals surface area contributed by atoms with Crippen molar-refractivity contribution < 1.29 is 40.7 Å². The molecule has 0 bridgehead atoms. The molecule has 1 fully saturated rings. The summed E-state index contributed by atoms with van der Waals surface area (Å²) in [5.74, 6) is -1.90. The number of nitrogens with one attached hydrogen (secondary N) is 2. The third-order valence-electron chi connectivity index (χ3n) is 7.12. The minimum absolute atomic E-state index is 0.0449. The molecule has 0 saturated heterocycles.